The normalized spacial score (nSPS) is 11.0. The summed E-state index contributed by atoms with van der Waals surface area (Å²) in [7, 11) is 0. The van der Waals surface area contributed by atoms with Crippen LogP contribution in [0, 0.1) is 11.3 Å². The lowest BCUT2D eigenvalue weighted by Crippen LogP contribution is -1.97. The lowest BCUT2D eigenvalue weighted by atomic mass is 9.98. The van der Waals surface area contributed by atoms with E-state index >= 15 is 0 Å². The van der Waals surface area contributed by atoms with Gasteiger partial charge in [0.1, 0.15) is 29.7 Å². The van der Waals surface area contributed by atoms with Crippen LogP contribution in [0.5, 0.6) is 5.75 Å². The van der Waals surface area contributed by atoms with Crippen LogP contribution in [0.25, 0.3) is 22.5 Å². The first-order chi connectivity index (χ1) is 18.5. The maximum absolute atomic E-state index is 10.1. The highest BCUT2D eigenvalue weighted by Gasteiger charge is 2.22. The van der Waals surface area contributed by atoms with Gasteiger partial charge in [-0.3, -0.25) is 0 Å². The Bertz CT molecular complexity index is 1660. The van der Waals surface area contributed by atoms with Crippen LogP contribution in [0.2, 0.25) is 10.0 Å². The van der Waals surface area contributed by atoms with Crippen LogP contribution in [-0.4, -0.2) is 6.21 Å². The predicted octanol–water partition coefficient (Wildman–Crippen LogP) is 9.88. The molecule has 0 radical (unpaired) electrons. The molecule has 0 bridgehead atoms. The summed E-state index contributed by atoms with van der Waals surface area (Å²) in [6, 6.07) is 32.6. The second-order valence-electron chi connectivity index (χ2n) is 8.30. The monoisotopic (exact) mass is 600 g/mol. The van der Waals surface area contributed by atoms with E-state index < -0.39 is 0 Å². The van der Waals surface area contributed by atoms with E-state index in [4.69, 9.17) is 32.4 Å². The molecule has 5 rings (SSSR count). The smallest absolute Gasteiger partial charge is 0.238 e. The van der Waals surface area contributed by atoms with Gasteiger partial charge in [0.05, 0.1) is 4.47 Å². The van der Waals surface area contributed by atoms with Crippen LogP contribution in [-0.2, 0) is 6.61 Å². The number of hydrogen-bond acceptors (Lipinski definition) is 4. The van der Waals surface area contributed by atoms with E-state index in [1.165, 1.54) is 0 Å². The molecule has 0 amide bonds. The van der Waals surface area contributed by atoms with Crippen LogP contribution >= 0.6 is 39.1 Å². The molecule has 0 atom stereocenters. The molecule has 0 spiro atoms. The van der Waals surface area contributed by atoms with Crippen LogP contribution in [0.1, 0.15) is 16.7 Å². The Hall–Kier alpha value is -3.82. The molecule has 7 heteroatoms. The summed E-state index contributed by atoms with van der Waals surface area (Å²) < 4.78 is 12.9. The zero-order chi connectivity index (χ0) is 26.5. The van der Waals surface area contributed by atoms with Gasteiger partial charge >= 0.3 is 0 Å². The number of rotatable bonds is 7. The van der Waals surface area contributed by atoms with Crippen molar-refractivity contribution in [2.45, 2.75) is 6.61 Å². The second-order valence-corrected chi connectivity index (χ2v) is 10.0. The average molecular weight is 602 g/mol. The summed E-state index contributed by atoms with van der Waals surface area (Å²) in [6.45, 7) is 0.296. The van der Waals surface area contributed by atoms with Gasteiger partial charge in [0.25, 0.3) is 0 Å². The Balaban J connectivity index is 1.43. The van der Waals surface area contributed by atoms with Crippen molar-refractivity contribution in [3.05, 3.63) is 128 Å². The summed E-state index contributed by atoms with van der Waals surface area (Å²) in [5.41, 5.74) is 4.49. The Labute approximate surface area is 238 Å². The summed E-state index contributed by atoms with van der Waals surface area (Å²) >= 11 is 15.8. The summed E-state index contributed by atoms with van der Waals surface area (Å²) in [5.74, 6) is 1.51. The third-order valence-corrected chi connectivity index (χ3v) is 6.99. The number of nitriles is 1. The highest BCUT2D eigenvalue weighted by atomic mass is 79.9. The maximum atomic E-state index is 10.1. The molecule has 186 valence electrons. The fourth-order valence-electron chi connectivity index (χ4n) is 3.93. The Morgan fingerprint density at radius 2 is 1.61 bits per heavy atom. The molecule has 0 aliphatic rings. The van der Waals surface area contributed by atoms with E-state index in [9.17, 15) is 5.26 Å². The van der Waals surface area contributed by atoms with Gasteiger partial charge in [-0.25, -0.2) is 4.99 Å². The number of furan rings is 1. The van der Waals surface area contributed by atoms with Gasteiger partial charge in [-0.2, -0.15) is 5.26 Å². The minimum absolute atomic E-state index is 0.249. The number of hydrogen-bond donors (Lipinski definition) is 0. The second kappa shape index (κ2) is 11.7. The van der Waals surface area contributed by atoms with Crippen molar-refractivity contribution in [2.75, 3.05) is 0 Å². The Morgan fingerprint density at radius 1 is 0.895 bits per heavy atom. The van der Waals surface area contributed by atoms with Gasteiger partial charge in [-0.05, 0) is 57.4 Å². The van der Waals surface area contributed by atoms with Crippen LogP contribution in [0.15, 0.2) is 111 Å². The van der Waals surface area contributed by atoms with E-state index in [0.717, 1.165) is 32.3 Å². The molecule has 0 aliphatic carbocycles. The van der Waals surface area contributed by atoms with Crippen molar-refractivity contribution in [1.82, 2.24) is 0 Å². The molecular formula is C31H19BrCl2N2O2. The molecule has 4 aromatic carbocycles. The average Bonchev–Trinajstić information content (AvgIpc) is 3.32. The third kappa shape index (κ3) is 5.69. The van der Waals surface area contributed by atoms with Crippen molar-refractivity contribution < 1.29 is 9.15 Å². The fraction of sp³-hybridized carbons (Fsp3) is 0.0323. The SMILES string of the molecule is N#Cc1c(/N=C/c2ccc(OCc3ccc(Cl)cc3Cl)c(Br)c2)oc(-c2ccccc2)c1-c1ccccc1. The standard InChI is InChI=1S/C31H19BrCl2N2O2/c32-26-15-20(11-14-28(26)37-19-23-12-13-24(33)16-27(23)34)18-36-31-25(17-35)29(21-7-3-1-4-8-21)30(38-31)22-9-5-2-6-10-22/h1-16,18H,19H2/b36-18+. The molecule has 1 heterocycles. The number of ether oxygens (including phenoxy) is 1. The summed E-state index contributed by atoms with van der Waals surface area (Å²) in [5, 5.41) is 11.2. The number of halogens is 3. The van der Waals surface area contributed by atoms with Crippen LogP contribution < -0.4 is 4.74 Å². The molecule has 0 N–H and O–H groups in total. The number of aliphatic imine (C=N–C) groups is 1. The Kier molecular flexibility index (Phi) is 7.95. The maximum Gasteiger partial charge on any atom is 0.238 e. The van der Waals surface area contributed by atoms with E-state index in [2.05, 4.69) is 27.0 Å². The summed E-state index contributed by atoms with van der Waals surface area (Å²) in [4.78, 5) is 4.56. The molecule has 38 heavy (non-hydrogen) atoms. The lowest BCUT2D eigenvalue weighted by Gasteiger charge is -2.10. The van der Waals surface area contributed by atoms with E-state index in [1.54, 1.807) is 18.3 Å². The van der Waals surface area contributed by atoms with Gasteiger partial charge < -0.3 is 9.15 Å². The number of nitrogens with zero attached hydrogens (tertiary/aromatic N) is 2. The van der Waals surface area contributed by atoms with Gasteiger partial charge in [0.15, 0.2) is 0 Å². The van der Waals surface area contributed by atoms with Crippen molar-refractivity contribution in [2.24, 2.45) is 4.99 Å². The third-order valence-electron chi connectivity index (χ3n) is 5.79. The van der Waals surface area contributed by atoms with Crippen molar-refractivity contribution in [3.63, 3.8) is 0 Å². The number of benzene rings is 4. The summed E-state index contributed by atoms with van der Waals surface area (Å²) in [6.07, 6.45) is 1.66. The topological polar surface area (TPSA) is 58.5 Å². The molecule has 4 nitrogen and oxygen atoms in total. The van der Waals surface area contributed by atoms with Crippen LogP contribution in [0.3, 0.4) is 0 Å². The molecule has 0 unspecified atom stereocenters. The first-order valence-corrected chi connectivity index (χ1v) is 13.2. The zero-order valence-corrected chi connectivity index (χ0v) is 23.0. The molecule has 0 aliphatic heterocycles. The predicted molar refractivity (Wildman–Crippen MR) is 156 cm³/mol. The van der Waals surface area contributed by atoms with Gasteiger partial charge in [-0.1, -0.05) is 89.9 Å². The quantitative estimate of drug-likeness (QED) is 0.174. The molecule has 0 fully saturated rings. The fourth-order valence-corrected chi connectivity index (χ4v) is 4.90. The van der Waals surface area contributed by atoms with E-state index in [0.29, 0.717) is 33.7 Å². The molecule has 0 saturated heterocycles. The minimum atomic E-state index is 0.249. The van der Waals surface area contributed by atoms with E-state index in [1.807, 2.05) is 84.9 Å². The minimum Gasteiger partial charge on any atom is -0.488 e. The van der Waals surface area contributed by atoms with Crippen molar-refractivity contribution in [1.29, 1.82) is 5.26 Å². The highest BCUT2D eigenvalue weighted by molar-refractivity contribution is 9.10. The van der Waals surface area contributed by atoms with E-state index in [-0.39, 0.29) is 5.88 Å². The Morgan fingerprint density at radius 3 is 2.26 bits per heavy atom. The lowest BCUT2D eigenvalue weighted by molar-refractivity contribution is 0.304. The van der Waals surface area contributed by atoms with Gasteiger partial charge in [0.2, 0.25) is 5.88 Å². The molecule has 1 aromatic heterocycles. The van der Waals surface area contributed by atoms with Crippen molar-refractivity contribution >= 4 is 51.2 Å². The van der Waals surface area contributed by atoms with Crippen LogP contribution in [0.4, 0.5) is 5.88 Å². The van der Waals surface area contributed by atoms with Gasteiger partial charge in [0, 0.05) is 33.0 Å². The molecular weight excluding hydrogens is 583 g/mol. The molecule has 5 aromatic rings. The van der Waals surface area contributed by atoms with Crippen molar-refractivity contribution in [3.8, 4) is 34.3 Å². The first kappa shape index (κ1) is 25.8. The highest BCUT2D eigenvalue weighted by Crippen LogP contribution is 2.42. The zero-order valence-electron chi connectivity index (χ0n) is 19.9. The van der Waals surface area contributed by atoms with Gasteiger partial charge in [-0.15, -0.1) is 0 Å². The first-order valence-electron chi connectivity index (χ1n) is 11.6. The largest absolute Gasteiger partial charge is 0.488 e. The molecule has 0 saturated carbocycles.